The summed E-state index contributed by atoms with van der Waals surface area (Å²) >= 11 is 6.41. The van der Waals surface area contributed by atoms with Crippen molar-refractivity contribution < 1.29 is 19.0 Å². The highest BCUT2D eigenvalue weighted by atomic mass is 35.5. The first-order valence-corrected chi connectivity index (χ1v) is 8.58. The summed E-state index contributed by atoms with van der Waals surface area (Å²) in [5, 5.41) is 1.41. The van der Waals surface area contributed by atoms with Gasteiger partial charge in [-0.25, -0.2) is 4.79 Å². The van der Waals surface area contributed by atoms with Crippen LogP contribution in [-0.4, -0.2) is 23.9 Å². The lowest BCUT2D eigenvalue weighted by molar-refractivity contribution is 0.0515. The Hall–Kier alpha value is -2.86. The van der Waals surface area contributed by atoms with E-state index in [0.29, 0.717) is 41.1 Å². The van der Waals surface area contributed by atoms with E-state index in [0.717, 1.165) is 16.5 Å². The lowest BCUT2D eigenvalue weighted by atomic mass is 10.2. The van der Waals surface area contributed by atoms with E-state index < -0.39 is 0 Å². The van der Waals surface area contributed by atoms with Crippen LogP contribution < -0.4 is 15.2 Å². The quantitative estimate of drug-likeness (QED) is 0.556. The van der Waals surface area contributed by atoms with Crippen LogP contribution in [-0.2, 0) is 11.3 Å². The van der Waals surface area contributed by atoms with Crippen LogP contribution in [0.5, 0.6) is 11.5 Å². The summed E-state index contributed by atoms with van der Waals surface area (Å²) in [6.45, 7) is 2.64. The topological polar surface area (TPSA) is 75.7 Å². The Labute approximate surface area is 155 Å². The molecule has 0 bridgehead atoms. The van der Waals surface area contributed by atoms with E-state index in [1.54, 1.807) is 25.1 Å². The van der Waals surface area contributed by atoms with Gasteiger partial charge in [-0.3, -0.25) is 0 Å². The number of rotatable bonds is 4. The molecular weight excluding hydrogens is 356 g/mol. The molecule has 0 unspecified atom stereocenters. The fourth-order valence-corrected chi connectivity index (χ4v) is 3.30. The molecule has 4 rings (SSSR count). The molecule has 6 nitrogen and oxygen atoms in total. The number of nitrogens with two attached hydrogens (primary N) is 1. The van der Waals surface area contributed by atoms with Crippen LogP contribution in [0.25, 0.3) is 10.9 Å². The zero-order valence-electron chi connectivity index (χ0n) is 14.1. The molecule has 0 aliphatic carbocycles. The van der Waals surface area contributed by atoms with Crippen LogP contribution in [0.1, 0.15) is 23.0 Å². The number of benzene rings is 2. The van der Waals surface area contributed by atoms with Crippen LogP contribution in [0.2, 0.25) is 5.02 Å². The first kappa shape index (κ1) is 16.6. The molecule has 1 aliphatic rings. The fourth-order valence-electron chi connectivity index (χ4n) is 3.08. The lowest BCUT2D eigenvalue weighted by Gasteiger charge is -2.12. The van der Waals surface area contributed by atoms with E-state index in [-0.39, 0.29) is 12.8 Å². The van der Waals surface area contributed by atoms with Gasteiger partial charge in [0.1, 0.15) is 5.69 Å². The number of carbonyl (C=O) groups is 1. The van der Waals surface area contributed by atoms with E-state index in [9.17, 15) is 4.79 Å². The van der Waals surface area contributed by atoms with Crippen LogP contribution in [0, 0.1) is 0 Å². The maximum Gasteiger partial charge on any atom is 0.354 e. The van der Waals surface area contributed by atoms with Crippen molar-refractivity contribution >= 4 is 34.2 Å². The Morgan fingerprint density at radius 1 is 1.23 bits per heavy atom. The normalized spacial score (nSPS) is 12.5. The molecule has 2 heterocycles. The standard InChI is InChI=1S/C19H17ClN2O4/c1-2-24-19(23)16-6-11-5-13(21)3-4-15(11)22(16)9-12-7-17-18(8-14(12)20)26-10-25-17/h3-8H,2,9-10,21H2,1H3. The first-order chi connectivity index (χ1) is 12.6. The Kier molecular flexibility index (Phi) is 4.12. The SMILES string of the molecule is CCOC(=O)c1cc2cc(N)ccc2n1Cc1cc2c(cc1Cl)OCO2. The summed E-state index contributed by atoms with van der Waals surface area (Å²) < 4.78 is 17.9. The highest BCUT2D eigenvalue weighted by Crippen LogP contribution is 2.37. The van der Waals surface area contributed by atoms with Gasteiger partial charge in [0.25, 0.3) is 0 Å². The van der Waals surface area contributed by atoms with Gasteiger partial charge in [-0.2, -0.15) is 0 Å². The highest BCUT2D eigenvalue weighted by Gasteiger charge is 2.21. The number of hydrogen-bond acceptors (Lipinski definition) is 5. The smallest absolute Gasteiger partial charge is 0.354 e. The number of fused-ring (bicyclic) bond motifs is 2. The van der Waals surface area contributed by atoms with Crippen LogP contribution >= 0.6 is 11.6 Å². The Bertz CT molecular complexity index is 1010. The van der Waals surface area contributed by atoms with E-state index >= 15 is 0 Å². The van der Waals surface area contributed by atoms with Gasteiger partial charge >= 0.3 is 5.97 Å². The molecule has 0 fully saturated rings. The predicted molar refractivity (Wildman–Crippen MR) is 99.0 cm³/mol. The monoisotopic (exact) mass is 372 g/mol. The van der Waals surface area contributed by atoms with Gasteiger partial charge in [-0.05, 0) is 42.8 Å². The minimum absolute atomic E-state index is 0.176. The number of ether oxygens (including phenoxy) is 3. The van der Waals surface area contributed by atoms with Gasteiger partial charge in [-0.15, -0.1) is 0 Å². The number of halogens is 1. The van der Waals surface area contributed by atoms with Gasteiger partial charge in [0.2, 0.25) is 6.79 Å². The molecule has 2 N–H and O–H groups in total. The van der Waals surface area contributed by atoms with Gasteiger partial charge in [0.05, 0.1) is 13.2 Å². The summed E-state index contributed by atoms with van der Waals surface area (Å²) in [4.78, 5) is 12.4. The molecule has 0 radical (unpaired) electrons. The fraction of sp³-hybridized carbons (Fsp3) is 0.211. The van der Waals surface area contributed by atoms with E-state index in [2.05, 4.69) is 0 Å². The number of nitrogen functional groups attached to an aromatic ring is 1. The molecular formula is C19H17ClN2O4. The van der Waals surface area contributed by atoms with Crippen molar-refractivity contribution in [2.75, 3.05) is 19.1 Å². The van der Waals surface area contributed by atoms with Crippen molar-refractivity contribution in [3.05, 3.63) is 52.7 Å². The molecule has 0 spiro atoms. The summed E-state index contributed by atoms with van der Waals surface area (Å²) in [6, 6.07) is 10.9. The van der Waals surface area contributed by atoms with Gasteiger partial charge in [-0.1, -0.05) is 11.6 Å². The molecule has 0 atom stereocenters. The van der Waals surface area contributed by atoms with Gasteiger partial charge in [0, 0.05) is 27.7 Å². The Morgan fingerprint density at radius 2 is 2.00 bits per heavy atom. The number of carbonyl (C=O) groups excluding carboxylic acids is 1. The zero-order valence-corrected chi connectivity index (χ0v) is 14.9. The van der Waals surface area contributed by atoms with E-state index in [1.165, 1.54) is 0 Å². The van der Waals surface area contributed by atoms with Crippen molar-refractivity contribution in [2.45, 2.75) is 13.5 Å². The predicted octanol–water partition coefficient (Wildman–Crippen LogP) is 3.83. The van der Waals surface area contributed by atoms with Gasteiger partial charge in [0.15, 0.2) is 11.5 Å². The summed E-state index contributed by atoms with van der Waals surface area (Å²) in [7, 11) is 0. The van der Waals surface area contributed by atoms with Crippen LogP contribution in [0.3, 0.4) is 0 Å². The second kappa shape index (κ2) is 6.46. The van der Waals surface area contributed by atoms with Crippen molar-refractivity contribution in [2.24, 2.45) is 0 Å². The highest BCUT2D eigenvalue weighted by molar-refractivity contribution is 6.31. The third-order valence-corrected chi connectivity index (χ3v) is 4.63. The van der Waals surface area contributed by atoms with Crippen LogP contribution in [0.4, 0.5) is 5.69 Å². The minimum Gasteiger partial charge on any atom is -0.461 e. The minimum atomic E-state index is -0.390. The van der Waals surface area contributed by atoms with Crippen molar-refractivity contribution in [3.63, 3.8) is 0 Å². The Morgan fingerprint density at radius 3 is 2.77 bits per heavy atom. The summed E-state index contributed by atoms with van der Waals surface area (Å²) in [5.41, 5.74) is 8.64. The summed E-state index contributed by atoms with van der Waals surface area (Å²) in [5.74, 6) is 0.872. The number of hydrogen-bond donors (Lipinski definition) is 1. The Balaban J connectivity index is 1.82. The molecule has 7 heteroatoms. The van der Waals surface area contributed by atoms with Crippen molar-refractivity contribution in [3.8, 4) is 11.5 Å². The van der Waals surface area contributed by atoms with E-state index in [1.807, 2.05) is 22.8 Å². The third-order valence-electron chi connectivity index (χ3n) is 4.28. The number of anilines is 1. The van der Waals surface area contributed by atoms with Crippen LogP contribution in [0.15, 0.2) is 36.4 Å². The molecule has 3 aromatic rings. The molecule has 2 aromatic carbocycles. The molecule has 26 heavy (non-hydrogen) atoms. The summed E-state index contributed by atoms with van der Waals surface area (Å²) in [6.07, 6.45) is 0. The molecule has 1 aliphatic heterocycles. The molecule has 0 saturated carbocycles. The van der Waals surface area contributed by atoms with E-state index in [4.69, 9.17) is 31.5 Å². The number of aromatic nitrogens is 1. The number of nitrogens with zero attached hydrogens (tertiary/aromatic N) is 1. The van der Waals surface area contributed by atoms with Crippen molar-refractivity contribution in [1.82, 2.24) is 4.57 Å². The average Bonchev–Trinajstić information content (AvgIpc) is 3.19. The first-order valence-electron chi connectivity index (χ1n) is 8.20. The number of esters is 1. The maximum atomic E-state index is 12.4. The second-order valence-corrected chi connectivity index (χ2v) is 6.36. The average molecular weight is 373 g/mol. The largest absolute Gasteiger partial charge is 0.461 e. The van der Waals surface area contributed by atoms with Crippen molar-refractivity contribution in [1.29, 1.82) is 0 Å². The second-order valence-electron chi connectivity index (χ2n) is 5.95. The van der Waals surface area contributed by atoms with Gasteiger partial charge < -0.3 is 24.5 Å². The third kappa shape index (κ3) is 2.82. The lowest BCUT2D eigenvalue weighted by Crippen LogP contribution is -2.13. The maximum absolute atomic E-state index is 12.4. The molecule has 1 aromatic heterocycles. The molecule has 134 valence electrons. The zero-order chi connectivity index (χ0) is 18.3. The molecule has 0 saturated heterocycles. The molecule has 0 amide bonds.